The van der Waals surface area contributed by atoms with Crippen molar-refractivity contribution in [1.82, 2.24) is 10.2 Å². The van der Waals surface area contributed by atoms with Gasteiger partial charge in [0.25, 0.3) is 11.8 Å². The number of fused-ring (bicyclic) bond motifs is 2. The van der Waals surface area contributed by atoms with Crippen LogP contribution in [0.1, 0.15) is 51.1 Å². The van der Waals surface area contributed by atoms with Crippen molar-refractivity contribution in [3.63, 3.8) is 0 Å². The summed E-state index contributed by atoms with van der Waals surface area (Å²) in [6.45, 7) is 3.91. The Balaban J connectivity index is 1.10. The summed E-state index contributed by atoms with van der Waals surface area (Å²) in [6.07, 6.45) is 4.41. The van der Waals surface area contributed by atoms with Gasteiger partial charge >= 0.3 is 0 Å². The first-order valence-electron chi connectivity index (χ1n) is 15.2. The fourth-order valence-electron chi connectivity index (χ4n) is 6.15. The van der Waals surface area contributed by atoms with Gasteiger partial charge in [0.15, 0.2) is 0 Å². The summed E-state index contributed by atoms with van der Waals surface area (Å²) in [5.74, 6) is 0.254. The Morgan fingerprint density at radius 1 is 0.864 bits per heavy atom. The average Bonchev–Trinajstić information content (AvgIpc) is 3.13. The number of piperidine rings is 1. The second-order valence-electron chi connectivity index (χ2n) is 11.6. The summed E-state index contributed by atoms with van der Waals surface area (Å²) >= 11 is 6.24. The van der Waals surface area contributed by atoms with E-state index < -0.39 is 10.8 Å². The molecule has 8 heteroatoms. The van der Waals surface area contributed by atoms with Crippen molar-refractivity contribution in [2.75, 3.05) is 31.1 Å². The number of carbonyl (C=O) groups is 2. The third-order valence-corrected chi connectivity index (χ3v) is 10.3. The van der Waals surface area contributed by atoms with Crippen LogP contribution < -0.4 is 10.2 Å². The van der Waals surface area contributed by atoms with Crippen LogP contribution in [0.15, 0.2) is 107 Å². The van der Waals surface area contributed by atoms with Crippen molar-refractivity contribution >= 4 is 39.9 Å². The molecule has 4 aromatic rings. The van der Waals surface area contributed by atoms with Crippen molar-refractivity contribution in [3.8, 4) is 0 Å². The Kier molecular flexibility index (Phi) is 9.55. The molecular weight excluding hydrogens is 590 g/mol. The zero-order chi connectivity index (χ0) is 30.5. The fourth-order valence-corrected chi connectivity index (χ4v) is 7.71. The van der Waals surface area contributed by atoms with Crippen LogP contribution in [0.3, 0.4) is 0 Å². The molecule has 0 aliphatic carbocycles. The van der Waals surface area contributed by atoms with Crippen LogP contribution in [0.4, 0.5) is 5.69 Å². The van der Waals surface area contributed by atoms with Gasteiger partial charge in [0.1, 0.15) is 0 Å². The van der Waals surface area contributed by atoms with Gasteiger partial charge in [0.2, 0.25) is 0 Å². The molecule has 6 nitrogen and oxygen atoms in total. The van der Waals surface area contributed by atoms with Crippen LogP contribution in [0, 0.1) is 5.92 Å². The van der Waals surface area contributed by atoms with Gasteiger partial charge in [-0.2, -0.15) is 0 Å². The molecule has 44 heavy (non-hydrogen) atoms. The lowest BCUT2D eigenvalue weighted by Gasteiger charge is -2.32. The Labute approximate surface area is 266 Å². The monoisotopic (exact) mass is 625 g/mol. The highest BCUT2D eigenvalue weighted by Gasteiger charge is 2.31. The Bertz CT molecular complexity index is 1670. The first kappa shape index (κ1) is 30.3. The smallest absolute Gasteiger partial charge is 0.259 e. The van der Waals surface area contributed by atoms with Gasteiger partial charge in [-0.25, -0.2) is 4.21 Å². The van der Waals surface area contributed by atoms with Crippen molar-refractivity contribution in [1.29, 1.82) is 0 Å². The van der Waals surface area contributed by atoms with Gasteiger partial charge in [-0.1, -0.05) is 66.2 Å². The molecule has 0 unspecified atom stereocenters. The second kappa shape index (κ2) is 13.9. The highest BCUT2D eigenvalue weighted by molar-refractivity contribution is 7.85. The molecule has 4 aromatic carbocycles. The number of benzene rings is 4. The van der Waals surface area contributed by atoms with Gasteiger partial charge in [0.05, 0.1) is 38.4 Å². The Hall–Kier alpha value is -3.78. The molecule has 1 N–H and O–H groups in total. The predicted octanol–water partition coefficient (Wildman–Crippen LogP) is 6.74. The standard InChI is InChI=1S/C36H36ClN3O3S/c37-30-11-6-10-28(23-30)25-40-32-24-29(14-15-34(32)44(43)33-13-5-4-12-31(33)36(40)42)35(41)38-18-7-19-39-20-16-27(17-21-39)22-26-8-2-1-3-9-26/h1-6,8-15,23-24,27H,7,16-22,25H2,(H,38,41)/t44-/m0/s1. The normalized spacial score (nSPS) is 17.1. The Morgan fingerprint density at radius 3 is 2.41 bits per heavy atom. The molecule has 0 aromatic heterocycles. The van der Waals surface area contributed by atoms with E-state index in [1.54, 1.807) is 53.4 Å². The third-order valence-electron chi connectivity index (χ3n) is 8.51. The predicted molar refractivity (Wildman–Crippen MR) is 176 cm³/mol. The molecular formula is C36H36ClN3O3S. The number of likely N-dealkylation sites (tertiary alicyclic amines) is 1. The van der Waals surface area contributed by atoms with Crippen molar-refractivity contribution in [2.45, 2.75) is 42.0 Å². The van der Waals surface area contributed by atoms with Gasteiger partial charge in [-0.15, -0.1) is 0 Å². The first-order chi connectivity index (χ1) is 21.5. The number of halogens is 1. The molecule has 2 aliphatic rings. The minimum absolute atomic E-state index is 0.211. The number of nitrogens with one attached hydrogen (secondary N) is 1. The molecule has 1 fully saturated rings. The highest BCUT2D eigenvalue weighted by atomic mass is 35.5. The molecule has 2 amide bonds. The van der Waals surface area contributed by atoms with Gasteiger partial charge in [-0.05, 0) is 105 Å². The van der Waals surface area contributed by atoms with Crippen molar-refractivity contribution in [3.05, 3.63) is 124 Å². The number of nitrogens with zero attached hydrogens (tertiary/aromatic N) is 2. The molecule has 0 saturated carbocycles. The van der Waals surface area contributed by atoms with Crippen LogP contribution in [0.2, 0.25) is 5.02 Å². The lowest BCUT2D eigenvalue weighted by molar-refractivity contribution is 0.0947. The number of hydrogen-bond donors (Lipinski definition) is 1. The molecule has 2 heterocycles. The summed E-state index contributed by atoms with van der Waals surface area (Å²) in [7, 11) is -1.58. The zero-order valence-corrected chi connectivity index (χ0v) is 26.2. The lowest BCUT2D eigenvalue weighted by Crippen LogP contribution is -2.36. The fraction of sp³-hybridized carbons (Fsp3) is 0.278. The molecule has 2 aliphatic heterocycles. The molecule has 6 rings (SSSR count). The molecule has 0 spiro atoms. The number of hydrogen-bond acceptors (Lipinski definition) is 4. The quantitative estimate of drug-likeness (QED) is 0.209. The van der Waals surface area contributed by atoms with E-state index in [1.807, 2.05) is 18.2 Å². The topological polar surface area (TPSA) is 69.7 Å². The van der Waals surface area contributed by atoms with E-state index in [9.17, 15) is 13.8 Å². The Morgan fingerprint density at radius 2 is 1.61 bits per heavy atom. The first-order valence-corrected chi connectivity index (χ1v) is 16.7. The summed E-state index contributed by atoms with van der Waals surface area (Å²) in [5.41, 5.74) is 3.53. The van der Waals surface area contributed by atoms with Crippen LogP contribution in [0.5, 0.6) is 0 Å². The number of anilines is 1. The maximum atomic E-state index is 13.8. The van der Waals surface area contributed by atoms with E-state index >= 15 is 0 Å². The van der Waals surface area contributed by atoms with Gasteiger partial charge in [-0.3, -0.25) is 9.59 Å². The number of rotatable bonds is 9. The third kappa shape index (κ3) is 6.96. The number of carbonyl (C=O) groups excluding carboxylic acids is 2. The lowest BCUT2D eigenvalue weighted by atomic mass is 9.90. The van der Waals surface area contributed by atoms with Gasteiger partial charge < -0.3 is 15.1 Å². The molecule has 1 atom stereocenters. The van der Waals surface area contributed by atoms with E-state index in [2.05, 4.69) is 40.5 Å². The average molecular weight is 626 g/mol. The van der Waals surface area contributed by atoms with Crippen molar-refractivity contribution < 1.29 is 13.8 Å². The van der Waals surface area contributed by atoms with Gasteiger partial charge in [0, 0.05) is 17.1 Å². The number of amides is 2. The molecule has 226 valence electrons. The highest BCUT2D eigenvalue weighted by Crippen LogP contribution is 2.36. The van der Waals surface area contributed by atoms with Crippen LogP contribution in [-0.4, -0.2) is 47.1 Å². The SMILES string of the molecule is O=C(NCCCN1CCC(Cc2ccccc2)CC1)c1ccc2c(c1)N(Cc1cccc(Cl)c1)C(=O)c1ccccc1[S@@]2=O. The maximum Gasteiger partial charge on any atom is 0.259 e. The van der Waals surface area contributed by atoms with E-state index in [0.717, 1.165) is 44.0 Å². The van der Waals surface area contributed by atoms with Crippen LogP contribution in [0.25, 0.3) is 0 Å². The minimum atomic E-state index is -1.58. The summed E-state index contributed by atoms with van der Waals surface area (Å²) in [6, 6.07) is 30.1. The zero-order valence-electron chi connectivity index (χ0n) is 24.6. The molecule has 1 saturated heterocycles. The van der Waals surface area contributed by atoms with E-state index in [-0.39, 0.29) is 18.4 Å². The summed E-state index contributed by atoms with van der Waals surface area (Å²) in [4.78, 5) is 32.1. The van der Waals surface area contributed by atoms with Crippen LogP contribution in [-0.2, 0) is 23.8 Å². The van der Waals surface area contributed by atoms with Crippen molar-refractivity contribution in [2.24, 2.45) is 5.92 Å². The minimum Gasteiger partial charge on any atom is -0.352 e. The van der Waals surface area contributed by atoms with E-state index in [0.29, 0.717) is 38.2 Å². The van der Waals surface area contributed by atoms with E-state index in [1.165, 1.54) is 18.4 Å². The summed E-state index contributed by atoms with van der Waals surface area (Å²) < 4.78 is 13.7. The molecule has 0 bridgehead atoms. The largest absolute Gasteiger partial charge is 0.352 e. The maximum absolute atomic E-state index is 13.8. The summed E-state index contributed by atoms with van der Waals surface area (Å²) in [5, 5.41) is 3.62. The second-order valence-corrected chi connectivity index (χ2v) is 13.4. The molecule has 0 radical (unpaired) electrons. The van der Waals surface area contributed by atoms with Crippen LogP contribution >= 0.6 is 11.6 Å². The van der Waals surface area contributed by atoms with E-state index in [4.69, 9.17) is 11.6 Å².